The van der Waals surface area contributed by atoms with Crippen LogP contribution < -0.4 is 5.32 Å². The monoisotopic (exact) mass is 353 g/mol. The summed E-state index contributed by atoms with van der Waals surface area (Å²) >= 11 is 0. The summed E-state index contributed by atoms with van der Waals surface area (Å²) in [4.78, 5) is 8.51. The van der Waals surface area contributed by atoms with Crippen LogP contribution in [0.2, 0.25) is 0 Å². The average molecular weight is 353 g/mol. The predicted octanol–water partition coefficient (Wildman–Crippen LogP) is 5.01. The van der Waals surface area contributed by atoms with Crippen molar-refractivity contribution in [3.63, 3.8) is 0 Å². The minimum atomic E-state index is -2.84. The zero-order chi connectivity index (χ0) is 18.3. The largest absolute Gasteiger partial charge is 0.337 e. The van der Waals surface area contributed by atoms with Crippen molar-refractivity contribution in [2.75, 3.05) is 5.32 Å². The Labute approximate surface area is 148 Å². The minimum absolute atomic E-state index is 0.397. The van der Waals surface area contributed by atoms with Crippen molar-refractivity contribution in [2.45, 2.75) is 25.7 Å². The molecule has 0 saturated carbocycles. The van der Waals surface area contributed by atoms with Crippen LogP contribution in [0.1, 0.15) is 25.5 Å². The number of aromatic amines is 1. The Hall–Kier alpha value is -3.09. The van der Waals surface area contributed by atoms with Crippen LogP contribution in [-0.2, 0) is 0 Å². The first kappa shape index (κ1) is 16.4. The smallest absolute Gasteiger partial charge is 0.253 e. The maximum Gasteiger partial charge on any atom is 0.253 e. The minimum Gasteiger partial charge on any atom is -0.337 e. The van der Waals surface area contributed by atoms with Gasteiger partial charge in [-0.3, -0.25) is 15.1 Å². The molecule has 0 saturated heterocycles. The van der Waals surface area contributed by atoms with E-state index >= 15 is 0 Å². The molecule has 132 valence electrons. The van der Waals surface area contributed by atoms with E-state index in [1.165, 1.54) is 6.92 Å². The number of nitrogens with zero attached hydrogens (tertiary/aromatic N) is 3. The fourth-order valence-electron chi connectivity index (χ4n) is 2.94. The van der Waals surface area contributed by atoms with Gasteiger partial charge in [-0.15, -0.1) is 0 Å². The maximum absolute atomic E-state index is 13.7. The summed E-state index contributed by atoms with van der Waals surface area (Å²) in [7, 11) is 0. The zero-order valence-electron chi connectivity index (χ0n) is 14.3. The highest BCUT2D eigenvalue weighted by atomic mass is 19.3. The molecule has 7 heteroatoms. The van der Waals surface area contributed by atoms with Crippen LogP contribution in [0.3, 0.4) is 0 Å². The number of anilines is 2. The molecule has 4 aromatic rings. The molecule has 0 bridgehead atoms. The van der Waals surface area contributed by atoms with Gasteiger partial charge in [-0.25, -0.2) is 8.78 Å². The molecule has 26 heavy (non-hydrogen) atoms. The second-order valence-corrected chi connectivity index (χ2v) is 6.41. The average Bonchev–Trinajstić information content (AvgIpc) is 3.03. The van der Waals surface area contributed by atoms with Gasteiger partial charge in [0.25, 0.3) is 5.92 Å². The van der Waals surface area contributed by atoms with Gasteiger partial charge in [0.1, 0.15) is 5.52 Å². The Kier molecular flexibility index (Phi) is 3.79. The molecule has 5 nitrogen and oxygen atoms in total. The summed E-state index contributed by atoms with van der Waals surface area (Å²) in [6.07, 6.45) is 3.27. The number of hydrogen-bond donors (Lipinski definition) is 2. The van der Waals surface area contributed by atoms with E-state index < -0.39 is 11.8 Å². The van der Waals surface area contributed by atoms with Crippen LogP contribution in [0.4, 0.5) is 20.3 Å². The van der Waals surface area contributed by atoms with Gasteiger partial charge in [-0.2, -0.15) is 5.10 Å². The van der Waals surface area contributed by atoms with E-state index in [1.54, 1.807) is 12.4 Å². The summed E-state index contributed by atoms with van der Waals surface area (Å²) in [5.41, 5.74) is 2.77. The normalized spacial score (nSPS) is 13.2. The highest BCUT2D eigenvalue weighted by molar-refractivity contribution is 5.91. The number of rotatable bonds is 4. The number of aromatic nitrogens is 4. The van der Waals surface area contributed by atoms with Crippen LogP contribution in [0.5, 0.6) is 0 Å². The molecule has 2 N–H and O–H groups in total. The molecule has 0 amide bonds. The quantitative estimate of drug-likeness (QED) is 0.541. The Bertz CT molecular complexity index is 1080. The second kappa shape index (κ2) is 6.01. The van der Waals surface area contributed by atoms with Gasteiger partial charge < -0.3 is 5.32 Å². The number of fused-ring (bicyclic) bond motifs is 2. The lowest BCUT2D eigenvalue weighted by Gasteiger charge is -2.20. The molecule has 1 atom stereocenters. The first-order chi connectivity index (χ1) is 12.4. The van der Waals surface area contributed by atoms with Crippen LogP contribution >= 0.6 is 0 Å². The number of halogens is 2. The summed E-state index contributed by atoms with van der Waals surface area (Å²) in [5, 5.41) is 11.9. The van der Waals surface area contributed by atoms with Crippen molar-refractivity contribution >= 4 is 33.3 Å². The van der Waals surface area contributed by atoms with Gasteiger partial charge in [0.05, 0.1) is 17.1 Å². The number of benzene rings is 1. The predicted molar refractivity (Wildman–Crippen MR) is 98.0 cm³/mol. The summed E-state index contributed by atoms with van der Waals surface area (Å²) in [6, 6.07) is 11.1. The van der Waals surface area contributed by atoms with Gasteiger partial charge in [0.2, 0.25) is 0 Å². The van der Waals surface area contributed by atoms with Gasteiger partial charge in [0, 0.05) is 30.4 Å². The number of alkyl halides is 2. The SMILES string of the molecule is CC(c1nccc2cc(Nc3n[nH]c4cccnc34)ccc12)C(C)(F)F. The van der Waals surface area contributed by atoms with Crippen LogP contribution in [0.25, 0.3) is 21.8 Å². The lowest BCUT2D eigenvalue weighted by molar-refractivity contribution is -0.00298. The third kappa shape index (κ3) is 2.85. The lowest BCUT2D eigenvalue weighted by Crippen LogP contribution is -2.20. The zero-order valence-corrected chi connectivity index (χ0v) is 14.3. The molecule has 0 aliphatic rings. The fraction of sp³-hybridized carbons (Fsp3) is 0.211. The molecular weight excluding hydrogens is 336 g/mol. The fourth-order valence-corrected chi connectivity index (χ4v) is 2.94. The second-order valence-electron chi connectivity index (χ2n) is 6.41. The first-order valence-electron chi connectivity index (χ1n) is 8.26. The van der Waals surface area contributed by atoms with Crippen molar-refractivity contribution < 1.29 is 8.78 Å². The number of pyridine rings is 2. The van der Waals surface area contributed by atoms with Crippen molar-refractivity contribution in [2.24, 2.45) is 0 Å². The molecular formula is C19H17F2N5. The maximum atomic E-state index is 13.7. The van der Waals surface area contributed by atoms with Crippen molar-refractivity contribution in [3.8, 4) is 0 Å². The van der Waals surface area contributed by atoms with Crippen LogP contribution in [0, 0.1) is 0 Å². The Balaban J connectivity index is 1.72. The topological polar surface area (TPSA) is 66.5 Å². The molecule has 0 radical (unpaired) electrons. The van der Waals surface area contributed by atoms with E-state index in [0.717, 1.165) is 34.4 Å². The van der Waals surface area contributed by atoms with E-state index in [1.807, 2.05) is 36.4 Å². The standard InChI is InChI=1S/C19H17F2N5/c1-11(19(2,20)21)16-14-6-5-13(10-12(14)7-9-23-16)24-18-17-15(25-26-18)4-3-8-22-17/h3-11H,1-2H3,(H2,24,25,26). The Morgan fingerprint density at radius 2 is 1.96 bits per heavy atom. The number of hydrogen-bond acceptors (Lipinski definition) is 4. The van der Waals surface area contributed by atoms with Crippen LogP contribution in [0.15, 0.2) is 48.8 Å². The number of nitrogens with one attached hydrogen (secondary N) is 2. The molecule has 0 aliphatic heterocycles. The van der Waals surface area contributed by atoms with Crippen molar-refractivity contribution in [3.05, 3.63) is 54.5 Å². The van der Waals surface area contributed by atoms with E-state index in [9.17, 15) is 8.78 Å². The van der Waals surface area contributed by atoms with E-state index in [0.29, 0.717) is 11.5 Å². The molecule has 3 heterocycles. The highest BCUT2D eigenvalue weighted by Gasteiger charge is 2.33. The molecule has 0 spiro atoms. The van der Waals surface area contributed by atoms with Gasteiger partial charge >= 0.3 is 0 Å². The molecule has 1 unspecified atom stereocenters. The van der Waals surface area contributed by atoms with Gasteiger partial charge in [-0.05, 0) is 35.7 Å². The van der Waals surface area contributed by atoms with Crippen LogP contribution in [-0.4, -0.2) is 26.1 Å². The van der Waals surface area contributed by atoms with E-state index in [-0.39, 0.29) is 0 Å². The van der Waals surface area contributed by atoms with E-state index in [4.69, 9.17) is 0 Å². The van der Waals surface area contributed by atoms with Crippen molar-refractivity contribution in [1.82, 2.24) is 20.2 Å². The summed E-state index contributed by atoms with van der Waals surface area (Å²) in [6.45, 7) is 2.42. The summed E-state index contributed by atoms with van der Waals surface area (Å²) < 4.78 is 27.5. The lowest BCUT2D eigenvalue weighted by atomic mass is 9.95. The summed E-state index contributed by atoms with van der Waals surface area (Å²) in [5.74, 6) is -3.19. The van der Waals surface area contributed by atoms with Gasteiger partial charge in [0.15, 0.2) is 5.82 Å². The third-order valence-corrected chi connectivity index (χ3v) is 4.55. The molecule has 3 aromatic heterocycles. The first-order valence-corrected chi connectivity index (χ1v) is 8.26. The molecule has 0 fully saturated rings. The highest BCUT2D eigenvalue weighted by Crippen LogP contribution is 2.35. The molecule has 1 aromatic carbocycles. The Morgan fingerprint density at radius 1 is 1.12 bits per heavy atom. The third-order valence-electron chi connectivity index (χ3n) is 4.55. The van der Waals surface area contributed by atoms with Gasteiger partial charge in [-0.1, -0.05) is 13.0 Å². The van der Waals surface area contributed by atoms with Crippen molar-refractivity contribution in [1.29, 1.82) is 0 Å². The van der Waals surface area contributed by atoms with E-state index in [2.05, 4.69) is 25.5 Å². The number of H-pyrrole nitrogens is 1. The molecule has 0 aliphatic carbocycles. The Morgan fingerprint density at radius 3 is 2.77 bits per heavy atom. The molecule has 4 rings (SSSR count).